The van der Waals surface area contributed by atoms with Crippen molar-refractivity contribution in [3.05, 3.63) is 36.0 Å². The molecule has 2 nitrogen and oxygen atoms in total. The van der Waals surface area contributed by atoms with Crippen LogP contribution < -0.4 is 5.32 Å². The number of hydrogen-bond acceptors (Lipinski definition) is 2. The lowest BCUT2D eigenvalue weighted by Crippen LogP contribution is -2.16. The summed E-state index contributed by atoms with van der Waals surface area (Å²) in [4.78, 5) is 3.22. The Labute approximate surface area is 106 Å². The van der Waals surface area contributed by atoms with E-state index in [1.807, 2.05) is 6.20 Å². The van der Waals surface area contributed by atoms with E-state index in [4.69, 9.17) is 6.42 Å². The molecule has 0 aliphatic carbocycles. The van der Waals surface area contributed by atoms with E-state index in [-0.39, 0.29) is 0 Å². The van der Waals surface area contributed by atoms with Gasteiger partial charge in [0.2, 0.25) is 0 Å². The van der Waals surface area contributed by atoms with Crippen LogP contribution in [0.25, 0.3) is 10.9 Å². The maximum atomic E-state index is 5.19. The van der Waals surface area contributed by atoms with Gasteiger partial charge in [-0.3, -0.25) is 0 Å². The number of nitrogens with one attached hydrogen (secondary N) is 2. The second kappa shape index (κ2) is 6.39. The summed E-state index contributed by atoms with van der Waals surface area (Å²) in [6.07, 6.45) is 7.17. The van der Waals surface area contributed by atoms with Crippen LogP contribution in [0.2, 0.25) is 0 Å². The average Bonchev–Trinajstić information content (AvgIpc) is 2.82. The van der Waals surface area contributed by atoms with Crippen LogP contribution in [0.4, 0.5) is 0 Å². The monoisotopic (exact) mass is 244 g/mol. The van der Waals surface area contributed by atoms with Gasteiger partial charge < -0.3 is 10.3 Å². The van der Waals surface area contributed by atoms with E-state index in [0.717, 1.165) is 24.6 Å². The number of fused-ring (bicyclic) bond motifs is 1. The van der Waals surface area contributed by atoms with E-state index < -0.39 is 0 Å². The largest absolute Gasteiger partial charge is 0.361 e. The highest BCUT2D eigenvalue weighted by atomic mass is 32.2. The molecular formula is C14H16N2S. The minimum absolute atomic E-state index is 0.801. The summed E-state index contributed by atoms with van der Waals surface area (Å²) in [7, 11) is 0. The minimum Gasteiger partial charge on any atom is -0.361 e. The van der Waals surface area contributed by atoms with E-state index in [0.29, 0.717) is 0 Å². The van der Waals surface area contributed by atoms with Crippen molar-refractivity contribution in [1.82, 2.24) is 10.3 Å². The van der Waals surface area contributed by atoms with Crippen LogP contribution in [0, 0.1) is 12.3 Å². The standard InChI is InChI=1S/C14H16N2S/c1-2-9-17-10-8-15-11-12-4-3-5-14-13(12)6-7-16-14/h1,3-7,15-16H,8-11H2. The summed E-state index contributed by atoms with van der Waals surface area (Å²) in [5, 5.41) is 4.74. The third-order valence-electron chi connectivity index (χ3n) is 2.61. The van der Waals surface area contributed by atoms with Crippen LogP contribution in [0.3, 0.4) is 0 Å². The zero-order valence-corrected chi connectivity index (χ0v) is 10.5. The number of H-pyrrole nitrogens is 1. The third-order valence-corrected chi connectivity index (χ3v) is 3.47. The zero-order valence-electron chi connectivity index (χ0n) is 9.70. The van der Waals surface area contributed by atoms with Gasteiger partial charge in [-0.25, -0.2) is 0 Å². The fourth-order valence-electron chi connectivity index (χ4n) is 1.80. The van der Waals surface area contributed by atoms with Gasteiger partial charge in [-0.2, -0.15) is 0 Å². The van der Waals surface area contributed by atoms with Crippen molar-refractivity contribution in [2.75, 3.05) is 18.1 Å². The predicted molar refractivity (Wildman–Crippen MR) is 76.2 cm³/mol. The Hall–Kier alpha value is -1.37. The lowest BCUT2D eigenvalue weighted by atomic mass is 10.1. The molecule has 2 aromatic rings. The van der Waals surface area contributed by atoms with Gasteiger partial charge in [-0.15, -0.1) is 18.2 Å². The van der Waals surface area contributed by atoms with Gasteiger partial charge in [0.05, 0.1) is 5.75 Å². The Morgan fingerprint density at radius 3 is 3.18 bits per heavy atom. The number of thioether (sulfide) groups is 1. The van der Waals surface area contributed by atoms with Gasteiger partial charge in [0.15, 0.2) is 0 Å². The smallest absolute Gasteiger partial charge is 0.0545 e. The summed E-state index contributed by atoms with van der Waals surface area (Å²) in [6, 6.07) is 8.47. The fourth-order valence-corrected chi connectivity index (χ4v) is 2.35. The van der Waals surface area contributed by atoms with Crippen LogP contribution in [0.1, 0.15) is 5.56 Å². The average molecular weight is 244 g/mol. The highest BCUT2D eigenvalue weighted by Crippen LogP contribution is 2.16. The third kappa shape index (κ3) is 3.29. The van der Waals surface area contributed by atoms with Gasteiger partial charge >= 0.3 is 0 Å². The molecule has 0 radical (unpaired) electrons. The number of aromatic amines is 1. The van der Waals surface area contributed by atoms with Crippen LogP contribution in [-0.4, -0.2) is 23.0 Å². The molecule has 1 heterocycles. The molecule has 1 aromatic heterocycles. The molecule has 0 saturated heterocycles. The van der Waals surface area contributed by atoms with E-state index in [9.17, 15) is 0 Å². The van der Waals surface area contributed by atoms with Crippen molar-refractivity contribution in [2.45, 2.75) is 6.54 Å². The summed E-state index contributed by atoms with van der Waals surface area (Å²) < 4.78 is 0. The molecular weight excluding hydrogens is 228 g/mol. The molecule has 0 atom stereocenters. The Balaban J connectivity index is 1.83. The van der Waals surface area contributed by atoms with E-state index in [1.165, 1.54) is 16.5 Å². The topological polar surface area (TPSA) is 27.8 Å². The van der Waals surface area contributed by atoms with Gasteiger partial charge in [0.1, 0.15) is 0 Å². The molecule has 88 valence electrons. The molecule has 17 heavy (non-hydrogen) atoms. The SMILES string of the molecule is C#CCSCCNCc1cccc2[nH]ccc12. The van der Waals surface area contributed by atoms with E-state index in [1.54, 1.807) is 11.8 Å². The number of aromatic nitrogens is 1. The van der Waals surface area contributed by atoms with Gasteiger partial charge in [-0.05, 0) is 17.7 Å². The first kappa shape index (κ1) is 12.1. The summed E-state index contributed by atoms with van der Waals surface area (Å²) in [6.45, 7) is 1.90. The highest BCUT2D eigenvalue weighted by molar-refractivity contribution is 7.99. The van der Waals surface area contributed by atoms with Crippen molar-refractivity contribution < 1.29 is 0 Å². The molecule has 0 fully saturated rings. The molecule has 3 heteroatoms. The van der Waals surface area contributed by atoms with Crippen molar-refractivity contribution in [1.29, 1.82) is 0 Å². The lowest BCUT2D eigenvalue weighted by molar-refractivity contribution is 0.736. The Bertz CT molecular complexity index is 510. The molecule has 0 unspecified atom stereocenters. The Kier molecular flexibility index (Phi) is 4.54. The first-order valence-electron chi connectivity index (χ1n) is 5.68. The number of rotatable bonds is 6. The van der Waals surface area contributed by atoms with Crippen LogP contribution in [0.15, 0.2) is 30.5 Å². The molecule has 1 aromatic carbocycles. The maximum absolute atomic E-state index is 5.19. The second-order valence-electron chi connectivity index (χ2n) is 3.79. The number of terminal acetylenes is 1. The lowest BCUT2D eigenvalue weighted by Gasteiger charge is -2.05. The molecule has 0 aliphatic rings. The second-order valence-corrected chi connectivity index (χ2v) is 4.89. The minimum atomic E-state index is 0.801. The van der Waals surface area contributed by atoms with Gasteiger partial charge in [0.25, 0.3) is 0 Å². The van der Waals surface area contributed by atoms with E-state index >= 15 is 0 Å². The van der Waals surface area contributed by atoms with Gasteiger partial charge in [0, 0.05) is 35.9 Å². The van der Waals surface area contributed by atoms with Crippen molar-refractivity contribution >= 4 is 22.7 Å². The molecule has 0 saturated carbocycles. The van der Waals surface area contributed by atoms with Crippen molar-refractivity contribution in [3.63, 3.8) is 0 Å². The van der Waals surface area contributed by atoms with Crippen molar-refractivity contribution in [2.24, 2.45) is 0 Å². The Morgan fingerprint density at radius 2 is 2.29 bits per heavy atom. The van der Waals surface area contributed by atoms with Gasteiger partial charge in [-0.1, -0.05) is 18.1 Å². The molecule has 2 N–H and O–H groups in total. The molecule has 0 spiro atoms. The maximum Gasteiger partial charge on any atom is 0.0545 e. The Morgan fingerprint density at radius 1 is 1.35 bits per heavy atom. The highest BCUT2D eigenvalue weighted by Gasteiger charge is 2.00. The summed E-state index contributed by atoms with van der Waals surface area (Å²) >= 11 is 1.79. The first-order valence-corrected chi connectivity index (χ1v) is 6.84. The first-order chi connectivity index (χ1) is 8.42. The normalized spacial score (nSPS) is 10.5. The molecule has 0 bridgehead atoms. The summed E-state index contributed by atoms with van der Waals surface area (Å²) in [5.41, 5.74) is 2.54. The molecule has 0 aliphatic heterocycles. The number of hydrogen-bond donors (Lipinski definition) is 2. The predicted octanol–water partition coefficient (Wildman–Crippen LogP) is 2.62. The zero-order chi connectivity index (χ0) is 11.9. The quantitative estimate of drug-likeness (QED) is 0.604. The van der Waals surface area contributed by atoms with Crippen LogP contribution >= 0.6 is 11.8 Å². The molecule has 0 amide bonds. The van der Waals surface area contributed by atoms with Crippen molar-refractivity contribution in [3.8, 4) is 12.3 Å². The fraction of sp³-hybridized carbons (Fsp3) is 0.286. The van der Waals surface area contributed by atoms with E-state index in [2.05, 4.69) is 40.5 Å². The van der Waals surface area contributed by atoms with Crippen LogP contribution in [0.5, 0.6) is 0 Å². The number of benzene rings is 1. The van der Waals surface area contributed by atoms with Crippen LogP contribution in [-0.2, 0) is 6.54 Å². The summed E-state index contributed by atoms with van der Waals surface area (Å²) in [5.74, 6) is 4.49. The molecule has 2 rings (SSSR count).